The van der Waals surface area contributed by atoms with Crippen LogP contribution in [0.15, 0.2) is 34.8 Å². The molecular formula is C13H10BrClF3NOS. The first-order valence-electron chi connectivity index (χ1n) is 5.82. The van der Waals surface area contributed by atoms with Gasteiger partial charge in [-0.05, 0) is 45.8 Å². The molecule has 0 atom stereocenters. The van der Waals surface area contributed by atoms with Gasteiger partial charge in [-0.15, -0.1) is 24.5 Å². The molecule has 0 fully saturated rings. The molecule has 2 nitrogen and oxygen atoms in total. The van der Waals surface area contributed by atoms with Crippen LogP contribution in [-0.2, 0) is 13.1 Å². The number of benzene rings is 1. The molecule has 0 spiro atoms. The van der Waals surface area contributed by atoms with Crippen molar-refractivity contribution in [3.63, 3.8) is 0 Å². The van der Waals surface area contributed by atoms with Gasteiger partial charge < -0.3 is 10.1 Å². The fraction of sp³-hybridized carbons (Fsp3) is 0.231. The number of hydrogen-bond donors (Lipinski definition) is 1. The van der Waals surface area contributed by atoms with Gasteiger partial charge in [-0.3, -0.25) is 0 Å². The lowest BCUT2D eigenvalue weighted by molar-refractivity contribution is -0.274. The molecule has 1 heterocycles. The summed E-state index contributed by atoms with van der Waals surface area (Å²) < 4.78 is 41.3. The van der Waals surface area contributed by atoms with Gasteiger partial charge in [-0.1, -0.05) is 17.7 Å². The largest absolute Gasteiger partial charge is 0.573 e. The Labute approximate surface area is 137 Å². The van der Waals surface area contributed by atoms with Gasteiger partial charge in [0.15, 0.2) is 0 Å². The Kier molecular flexibility index (Phi) is 5.54. The van der Waals surface area contributed by atoms with Crippen LogP contribution in [0.4, 0.5) is 13.2 Å². The third-order valence-corrected chi connectivity index (χ3v) is 4.33. The molecule has 0 radical (unpaired) electrons. The molecule has 114 valence electrons. The molecule has 21 heavy (non-hydrogen) atoms. The Morgan fingerprint density at radius 3 is 2.52 bits per heavy atom. The van der Waals surface area contributed by atoms with Gasteiger partial charge in [0.2, 0.25) is 0 Å². The van der Waals surface area contributed by atoms with Crippen molar-refractivity contribution in [2.75, 3.05) is 0 Å². The van der Waals surface area contributed by atoms with E-state index < -0.39 is 6.36 Å². The molecule has 1 N–H and O–H groups in total. The molecule has 0 aliphatic carbocycles. The van der Waals surface area contributed by atoms with E-state index in [1.165, 1.54) is 17.4 Å². The molecule has 2 rings (SSSR count). The summed E-state index contributed by atoms with van der Waals surface area (Å²) in [6.07, 6.45) is -4.69. The minimum Gasteiger partial charge on any atom is -0.405 e. The SMILES string of the molecule is FC(F)(F)Oc1ccc(CNCc2ccc(Cl)s2)cc1Br. The van der Waals surface area contributed by atoms with Gasteiger partial charge in [0.1, 0.15) is 5.75 Å². The summed E-state index contributed by atoms with van der Waals surface area (Å²) in [4.78, 5) is 1.09. The Morgan fingerprint density at radius 1 is 1.19 bits per heavy atom. The van der Waals surface area contributed by atoms with E-state index in [9.17, 15) is 13.2 Å². The van der Waals surface area contributed by atoms with Gasteiger partial charge in [0.05, 0.1) is 8.81 Å². The summed E-state index contributed by atoms with van der Waals surface area (Å²) in [6, 6.07) is 8.21. The van der Waals surface area contributed by atoms with E-state index in [4.69, 9.17) is 11.6 Å². The monoisotopic (exact) mass is 399 g/mol. The van der Waals surface area contributed by atoms with Crippen LogP contribution in [0.5, 0.6) is 5.75 Å². The van der Waals surface area contributed by atoms with Gasteiger partial charge in [0, 0.05) is 18.0 Å². The topological polar surface area (TPSA) is 21.3 Å². The highest BCUT2D eigenvalue weighted by atomic mass is 79.9. The number of thiophene rings is 1. The third-order valence-electron chi connectivity index (χ3n) is 2.48. The number of nitrogens with one attached hydrogen (secondary N) is 1. The van der Waals surface area contributed by atoms with Crippen LogP contribution >= 0.6 is 38.9 Å². The minimum absolute atomic E-state index is 0.253. The summed E-state index contributed by atoms with van der Waals surface area (Å²) >= 11 is 10.4. The number of halogens is 5. The maximum atomic E-state index is 12.1. The second-order valence-electron chi connectivity index (χ2n) is 4.12. The van der Waals surface area contributed by atoms with E-state index in [0.717, 1.165) is 14.8 Å². The average molecular weight is 401 g/mol. The van der Waals surface area contributed by atoms with Crippen LogP contribution in [0.1, 0.15) is 10.4 Å². The van der Waals surface area contributed by atoms with Crippen LogP contribution in [0, 0.1) is 0 Å². The maximum absolute atomic E-state index is 12.1. The van der Waals surface area contributed by atoms with Crippen molar-refractivity contribution in [2.24, 2.45) is 0 Å². The smallest absolute Gasteiger partial charge is 0.405 e. The number of hydrogen-bond acceptors (Lipinski definition) is 3. The average Bonchev–Trinajstić information content (AvgIpc) is 2.77. The number of alkyl halides is 3. The van der Waals surface area contributed by atoms with Crippen LogP contribution in [-0.4, -0.2) is 6.36 Å². The van der Waals surface area contributed by atoms with Gasteiger partial charge in [0.25, 0.3) is 0 Å². The lowest BCUT2D eigenvalue weighted by Crippen LogP contribution is -2.17. The van der Waals surface area contributed by atoms with Crippen LogP contribution < -0.4 is 10.1 Å². The molecule has 1 aromatic heterocycles. The van der Waals surface area contributed by atoms with E-state index in [1.54, 1.807) is 12.1 Å². The van der Waals surface area contributed by atoms with E-state index in [1.807, 2.05) is 12.1 Å². The Hall–Kier alpha value is -0.760. The molecule has 1 aromatic carbocycles. The van der Waals surface area contributed by atoms with E-state index in [2.05, 4.69) is 26.0 Å². The molecule has 0 aliphatic heterocycles. The van der Waals surface area contributed by atoms with E-state index >= 15 is 0 Å². The molecule has 0 aliphatic rings. The lowest BCUT2D eigenvalue weighted by atomic mass is 10.2. The normalized spacial score (nSPS) is 11.7. The first-order chi connectivity index (χ1) is 9.83. The summed E-state index contributed by atoms with van der Waals surface area (Å²) in [5.41, 5.74) is 0.846. The molecule has 0 amide bonds. The Balaban J connectivity index is 1.91. The molecule has 8 heteroatoms. The van der Waals surface area contributed by atoms with Gasteiger partial charge in [-0.2, -0.15) is 0 Å². The van der Waals surface area contributed by atoms with Crippen molar-refractivity contribution in [2.45, 2.75) is 19.5 Å². The van der Waals surface area contributed by atoms with Crippen molar-refractivity contribution in [1.29, 1.82) is 0 Å². The second kappa shape index (κ2) is 7.00. The van der Waals surface area contributed by atoms with Crippen LogP contribution in [0.25, 0.3) is 0 Å². The molecular weight excluding hydrogens is 391 g/mol. The fourth-order valence-electron chi connectivity index (χ4n) is 1.64. The minimum atomic E-state index is -4.69. The van der Waals surface area contributed by atoms with Crippen molar-refractivity contribution < 1.29 is 17.9 Å². The zero-order chi connectivity index (χ0) is 15.5. The fourth-order valence-corrected chi connectivity index (χ4v) is 3.20. The van der Waals surface area contributed by atoms with Gasteiger partial charge >= 0.3 is 6.36 Å². The van der Waals surface area contributed by atoms with Gasteiger partial charge in [-0.25, -0.2) is 0 Å². The van der Waals surface area contributed by atoms with Crippen molar-refractivity contribution in [3.05, 3.63) is 49.6 Å². The first kappa shape index (κ1) is 16.6. The summed E-state index contributed by atoms with van der Waals surface area (Å²) in [6.45, 7) is 1.18. The predicted molar refractivity (Wildman–Crippen MR) is 80.7 cm³/mol. The molecule has 0 saturated heterocycles. The third kappa shape index (κ3) is 5.50. The van der Waals surface area contributed by atoms with Crippen molar-refractivity contribution >= 4 is 38.9 Å². The zero-order valence-corrected chi connectivity index (χ0v) is 13.7. The van der Waals surface area contributed by atoms with E-state index in [-0.39, 0.29) is 10.2 Å². The first-order valence-corrected chi connectivity index (χ1v) is 7.81. The van der Waals surface area contributed by atoms with Crippen molar-refractivity contribution in [3.8, 4) is 5.75 Å². The maximum Gasteiger partial charge on any atom is 0.573 e. The zero-order valence-electron chi connectivity index (χ0n) is 10.5. The predicted octanol–water partition coefficient (Wildman–Crippen LogP) is 5.35. The highest BCUT2D eigenvalue weighted by molar-refractivity contribution is 9.10. The summed E-state index contributed by atoms with van der Waals surface area (Å²) in [5.74, 6) is -0.253. The second-order valence-corrected chi connectivity index (χ2v) is 6.78. The quantitative estimate of drug-likeness (QED) is 0.730. The highest BCUT2D eigenvalue weighted by Crippen LogP contribution is 2.31. The number of ether oxygens (including phenoxy) is 1. The molecule has 0 unspecified atom stereocenters. The van der Waals surface area contributed by atoms with Crippen molar-refractivity contribution in [1.82, 2.24) is 5.32 Å². The molecule has 0 bridgehead atoms. The molecule has 0 saturated carbocycles. The standard InChI is InChI=1S/C13H10BrClF3NOS/c14-10-5-8(1-3-11(10)20-13(16,17)18)6-19-7-9-2-4-12(15)21-9/h1-5,19H,6-7H2. The summed E-state index contributed by atoms with van der Waals surface area (Å²) in [7, 11) is 0. The Morgan fingerprint density at radius 2 is 1.95 bits per heavy atom. The molecule has 2 aromatic rings. The number of rotatable bonds is 5. The van der Waals surface area contributed by atoms with Crippen LogP contribution in [0.2, 0.25) is 4.34 Å². The van der Waals surface area contributed by atoms with E-state index in [0.29, 0.717) is 13.1 Å². The Bertz CT molecular complexity index is 618. The summed E-state index contributed by atoms with van der Waals surface area (Å²) in [5, 5.41) is 3.19. The lowest BCUT2D eigenvalue weighted by Gasteiger charge is -2.11. The van der Waals surface area contributed by atoms with Crippen LogP contribution in [0.3, 0.4) is 0 Å². The highest BCUT2D eigenvalue weighted by Gasteiger charge is 2.31.